The molecule has 2 aromatic carbocycles. The minimum atomic E-state index is -5.02. The van der Waals surface area contributed by atoms with Gasteiger partial charge in [0.2, 0.25) is 11.9 Å². The van der Waals surface area contributed by atoms with E-state index in [2.05, 4.69) is 4.98 Å². The maximum atomic E-state index is 13.8. The smallest absolute Gasteiger partial charge is 0.368 e. The predicted molar refractivity (Wildman–Crippen MR) is 131 cm³/mol. The van der Waals surface area contributed by atoms with Gasteiger partial charge in [0, 0.05) is 30.8 Å². The van der Waals surface area contributed by atoms with E-state index in [9.17, 15) is 39.9 Å². The fourth-order valence-corrected chi connectivity index (χ4v) is 5.46. The molecule has 1 amide bonds. The van der Waals surface area contributed by atoms with Crippen LogP contribution in [-0.4, -0.2) is 34.5 Å². The molecule has 216 valence electrons. The Bertz CT molecular complexity index is 1430. The lowest BCUT2D eigenvalue weighted by molar-refractivity contribution is -0.143. The lowest BCUT2D eigenvalue weighted by Gasteiger charge is -2.32. The second-order valence-corrected chi connectivity index (χ2v) is 10.0. The molecule has 41 heavy (non-hydrogen) atoms. The zero-order chi connectivity index (χ0) is 29.7. The zero-order valence-electron chi connectivity index (χ0n) is 21.3. The normalized spacial score (nSPS) is 22.0. The van der Waals surface area contributed by atoms with Gasteiger partial charge in [-0.1, -0.05) is 12.1 Å². The number of benzene rings is 2. The number of hydrogen-bond acceptors (Lipinski definition) is 3. The Morgan fingerprint density at radius 2 is 1.56 bits per heavy atom. The minimum Gasteiger partial charge on any atom is -0.368 e. The highest BCUT2D eigenvalue weighted by Gasteiger charge is 2.48. The molecule has 0 spiro atoms. The van der Waals surface area contributed by atoms with Gasteiger partial charge in [-0.2, -0.15) is 30.7 Å². The van der Waals surface area contributed by atoms with Crippen LogP contribution in [0.25, 0.3) is 5.57 Å². The summed E-state index contributed by atoms with van der Waals surface area (Å²) in [6.07, 6.45) is -9.19. The summed E-state index contributed by atoms with van der Waals surface area (Å²) in [4.78, 5) is 18.3. The molecule has 5 rings (SSSR count). The topological polar surface area (TPSA) is 42.4 Å². The van der Waals surface area contributed by atoms with Crippen LogP contribution < -0.4 is 0 Å². The van der Waals surface area contributed by atoms with Crippen molar-refractivity contribution in [2.75, 3.05) is 6.54 Å². The van der Waals surface area contributed by atoms with Gasteiger partial charge in [-0.15, -0.1) is 0 Å². The van der Waals surface area contributed by atoms with Gasteiger partial charge in [0.05, 0.1) is 23.3 Å². The fraction of sp³-hybridized carbons (Fsp3) is 0.310. The van der Waals surface area contributed by atoms with Crippen molar-refractivity contribution in [3.63, 3.8) is 0 Å². The zero-order valence-corrected chi connectivity index (χ0v) is 21.3. The number of alkyl halides is 6. The summed E-state index contributed by atoms with van der Waals surface area (Å²) in [5, 5.41) is 0. The van der Waals surface area contributed by atoms with Gasteiger partial charge < -0.3 is 9.64 Å². The van der Waals surface area contributed by atoms with E-state index in [-0.39, 0.29) is 24.6 Å². The van der Waals surface area contributed by atoms with Crippen LogP contribution in [0.15, 0.2) is 66.9 Å². The van der Waals surface area contributed by atoms with Gasteiger partial charge >= 0.3 is 12.4 Å². The first kappa shape index (κ1) is 28.7. The van der Waals surface area contributed by atoms with E-state index in [0.29, 0.717) is 28.8 Å². The summed E-state index contributed by atoms with van der Waals surface area (Å²) >= 11 is 0. The van der Waals surface area contributed by atoms with Gasteiger partial charge in [0.25, 0.3) is 0 Å². The monoisotopic (exact) mass is 582 g/mol. The SMILES string of the molecule is C[C@@H](O[C@H]1CN2C(=O)C=C(c3ccc(F)nc3)C[C@H]2C1c1ccc(F)cc1)c1cc(C(F)(F)F)cc(C(F)(F)F)c1. The molecule has 0 saturated carbocycles. The number of pyridine rings is 1. The third-order valence-electron chi connectivity index (χ3n) is 7.41. The van der Waals surface area contributed by atoms with Gasteiger partial charge in [0.1, 0.15) is 5.82 Å². The molecule has 2 aliphatic heterocycles. The summed E-state index contributed by atoms with van der Waals surface area (Å²) in [5.41, 5.74) is -1.61. The van der Waals surface area contributed by atoms with Gasteiger partial charge in [-0.25, -0.2) is 9.37 Å². The Labute approximate surface area is 229 Å². The van der Waals surface area contributed by atoms with Gasteiger partial charge in [-0.05, 0) is 78.1 Å². The van der Waals surface area contributed by atoms with Crippen LogP contribution >= 0.6 is 0 Å². The van der Waals surface area contributed by atoms with Gasteiger partial charge in [0.15, 0.2) is 0 Å². The van der Waals surface area contributed by atoms with Crippen LogP contribution in [0.2, 0.25) is 0 Å². The molecular weight excluding hydrogens is 560 g/mol. The quantitative estimate of drug-likeness (QED) is 0.234. The molecule has 3 heterocycles. The van der Waals surface area contributed by atoms with Crippen molar-refractivity contribution in [2.45, 2.75) is 49.9 Å². The number of halogens is 8. The second kappa shape index (κ2) is 10.6. The molecule has 2 aliphatic rings. The largest absolute Gasteiger partial charge is 0.416 e. The Balaban J connectivity index is 1.49. The molecule has 0 aliphatic carbocycles. The maximum Gasteiger partial charge on any atom is 0.416 e. The van der Waals surface area contributed by atoms with Crippen molar-refractivity contribution < 1.29 is 44.7 Å². The summed E-state index contributed by atoms with van der Waals surface area (Å²) < 4.78 is 114. The first-order valence-corrected chi connectivity index (χ1v) is 12.5. The number of carbonyl (C=O) groups is 1. The molecule has 4 nitrogen and oxygen atoms in total. The molecular formula is C29H22F8N2O2. The molecule has 1 aromatic heterocycles. The average molecular weight is 582 g/mol. The molecule has 1 saturated heterocycles. The highest BCUT2D eigenvalue weighted by Crippen LogP contribution is 2.45. The lowest BCUT2D eigenvalue weighted by atomic mass is 9.84. The Morgan fingerprint density at radius 3 is 2.12 bits per heavy atom. The molecule has 0 N–H and O–H groups in total. The van der Waals surface area contributed by atoms with E-state index in [4.69, 9.17) is 4.74 Å². The lowest BCUT2D eigenvalue weighted by Crippen LogP contribution is -2.39. The number of amides is 1. The fourth-order valence-electron chi connectivity index (χ4n) is 5.46. The number of carbonyl (C=O) groups excluding carboxylic acids is 1. The highest BCUT2D eigenvalue weighted by atomic mass is 19.4. The van der Waals surface area contributed by atoms with Crippen LogP contribution in [0.5, 0.6) is 0 Å². The third-order valence-corrected chi connectivity index (χ3v) is 7.41. The minimum absolute atomic E-state index is 0.00752. The number of nitrogens with zero attached hydrogens (tertiary/aromatic N) is 2. The van der Waals surface area contributed by atoms with E-state index in [1.807, 2.05) is 0 Å². The van der Waals surface area contributed by atoms with Crippen LogP contribution in [0.3, 0.4) is 0 Å². The maximum absolute atomic E-state index is 13.8. The van der Waals surface area contributed by atoms with E-state index < -0.39 is 65.3 Å². The molecule has 4 atom stereocenters. The number of rotatable bonds is 5. The van der Waals surface area contributed by atoms with Crippen LogP contribution in [-0.2, 0) is 21.9 Å². The third kappa shape index (κ3) is 5.97. The first-order chi connectivity index (χ1) is 19.2. The Kier molecular flexibility index (Phi) is 7.39. The molecule has 0 radical (unpaired) electrons. The summed E-state index contributed by atoms with van der Waals surface area (Å²) in [6, 6.07) is 8.78. The molecule has 1 fully saturated rings. The van der Waals surface area contributed by atoms with Crippen LogP contribution in [0.1, 0.15) is 53.2 Å². The van der Waals surface area contributed by atoms with Crippen molar-refractivity contribution >= 4 is 11.5 Å². The standard InChI is InChI=1S/C29H22F8N2O2/c1-15(18-8-20(28(32,33)34)12-21(9-18)29(35,36)37)41-24-14-39-23(27(24)16-2-5-22(30)6-3-16)10-19(11-26(39)40)17-4-7-25(31)38-13-17/h2-9,11-13,15,23-24,27H,10,14H2,1H3/t15-,23+,24+,27?/m1/s1. The number of aromatic nitrogens is 1. The Morgan fingerprint density at radius 1 is 0.927 bits per heavy atom. The van der Waals surface area contributed by atoms with Crippen molar-refractivity contribution in [1.82, 2.24) is 9.88 Å². The summed E-state index contributed by atoms with van der Waals surface area (Å²) in [5.74, 6) is -2.22. The second-order valence-electron chi connectivity index (χ2n) is 10.0. The van der Waals surface area contributed by atoms with Crippen LogP contribution in [0, 0.1) is 11.8 Å². The van der Waals surface area contributed by atoms with Crippen molar-refractivity contribution in [3.8, 4) is 0 Å². The molecule has 0 bridgehead atoms. The van der Waals surface area contributed by atoms with E-state index >= 15 is 0 Å². The van der Waals surface area contributed by atoms with E-state index in [1.54, 1.807) is 0 Å². The molecule has 1 unspecified atom stereocenters. The van der Waals surface area contributed by atoms with Crippen molar-refractivity contribution in [2.24, 2.45) is 0 Å². The summed E-state index contributed by atoms with van der Waals surface area (Å²) in [7, 11) is 0. The van der Waals surface area contributed by atoms with Crippen molar-refractivity contribution in [1.29, 1.82) is 0 Å². The molecule has 3 aromatic rings. The Hall–Kier alpha value is -3.80. The van der Waals surface area contributed by atoms with E-state index in [1.165, 1.54) is 54.4 Å². The number of ether oxygens (including phenoxy) is 1. The van der Waals surface area contributed by atoms with Crippen molar-refractivity contribution in [3.05, 3.63) is 106 Å². The van der Waals surface area contributed by atoms with Gasteiger partial charge in [-0.3, -0.25) is 4.79 Å². The highest BCUT2D eigenvalue weighted by molar-refractivity contribution is 5.97. The summed E-state index contributed by atoms with van der Waals surface area (Å²) in [6.45, 7) is 1.33. The first-order valence-electron chi connectivity index (χ1n) is 12.5. The molecule has 12 heteroatoms. The van der Waals surface area contributed by atoms with E-state index in [0.717, 1.165) is 6.07 Å². The number of hydrogen-bond donors (Lipinski definition) is 0. The number of fused-ring (bicyclic) bond motifs is 1. The van der Waals surface area contributed by atoms with Crippen LogP contribution in [0.4, 0.5) is 35.1 Å². The average Bonchev–Trinajstić information content (AvgIpc) is 3.26. The predicted octanol–water partition coefficient (Wildman–Crippen LogP) is 7.33.